The number of benzene rings is 2. The van der Waals surface area contributed by atoms with Gasteiger partial charge in [0.25, 0.3) is 5.91 Å². The number of ether oxygens (including phenoxy) is 3. The van der Waals surface area contributed by atoms with E-state index in [1.54, 1.807) is 30.3 Å². The molecule has 4 aliphatic heterocycles. The van der Waals surface area contributed by atoms with Crippen molar-refractivity contribution < 1.29 is 19.0 Å². The summed E-state index contributed by atoms with van der Waals surface area (Å²) in [6.45, 7) is 4.00. The number of fused-ring (bicyclic) bond motifs is 4. The smallest absolute Gasteiger partial charge is 0.251 e. The summed E-state index contributed by atoms with van der Waals surface area (Å²) in [6.07, 6.45) is 2.12. The molecule has 0 aromatic heterocycles. The topological polar surface area (TPSA) is 60.0 Å². The fourth-order valence-corrected chi connectivity index (χ4v) is 4.56. The van der Waals surface area contributed by atoms with Gasteiger partial charge in [-0.1, -0.05) is 11.6 Å². The minimum absolute atomic E-state index is 0.0478. The van der Waals surface area contributed by atoms with E-state index in [0.717, 1.165) is 25.4 Å². The van der Waals surface area contributed by atoms with Crippen molar-refractivity contribution in [1.82, 2.24) is 10.2 Å². The van der Waals surface area contributed by atoms with Gasteiger partial charge >= 0.3 is 0 Å². The number of nitrogens with zero attached hydrogens (tertiary/aromatic N) is 1. The van der Waals surface area contributed by atoms with Crippen molar-refractivity contribution in [2.45, 2.75) is 25.0 Å². The Morgan fingerprint density at radius 1 is 1.13 bits per heavy atom. The first-order valence-electron chi connectivity index (χ1n) is 10.5. The predicted octanol–water partition coefficient (Wildman–Crippen LogP) is 3.38. The molecule has 2 bridgehead atoms. The monoisotopic (exact) mass is 428 g/mol. The van der Waals surface area contributed by atoms with E-state index in [0.29, 0.717) is 41.2 Å². The van der Waals surface area contributed by atoms with E-state index in [9.17, 15) is 4.79 Å². The molecule has 6 nitrogen and oxygen atoms in total. The summed E-state index contributed by atoms with van der Waals surface area (Å²) in [7, 11) is 0. The highest BCUT2D eigenvalue weighted by molar-refractivity contribution is 6.30. The van der Waals surface area contributed by atoms with E-state index in [2.05, 4.69) is 10.2 Å². The van der Waals surface area contributed by atoms with Gasteiger partial charge in [-0.05, 0) is 74.3 Å². The standard InChI is InChI=1S/C23H25ClN2O4/c24-17-2-4-18(5-3-17)28-13-19-14-29-22-11-16(1-6-21(22)30-19)23(27)25-20-12-26-9-7-15(20)8-10-26/h1-6,11,15,19-20H,7-10,12-14H2,(H,25,27)/t19-,20-/m0/s1. The van der Waals surface area contributed by atoms with Crippen LogP contribution in [0.5, 0.6) is 17.2 Å². The second-order valence-corrected chi connectivity index (χ2v) is 8.63. The molecule has 2 aromatic carbocycles. The maximum atomic E-state index is 12.8. The molecule has 3 saturated heterocycles. The molecule has 4 heterocycles. The zero-order valence-electron chi connectivity index (χ0n) is 16.7. The van der Waals surface area contributed by atoms with Gasteiger partial charge in [0.2, 0.25) is 0 Å². The van der Waals surface area contributed by atoms with Gasteiger partial charge in [0.1, 0.15) is 19.0 Å². The molecule has 6 rings (SSSR count). The van der Waals surface area contributed by atoms with Crippen LogP contribution >= 0.6 is 11.6 Å². The van der Waals surface area contributed by atoms with Gasteiger partial charge in [0.05, 0.1) is 0 Å². The predicted molar refractivity (Wildman–Crippen MR) is 114 cm³/mol. The lowest BCUT2D eigenvalue weighted by Gasteiger charge is -2.44. The largest absolute Gasteiger partial charge is 0.490 e. The van der Waals surface area contributed by atoms with Crippen molar-refractivity contribution in [3.05, 3.63) is 53.1 Å². The van der Waals surface area contributed by atoms with Crippen LogP contribution in [0, 0.1) is 5.92 Å². The molecular weight excluding hydrogens is 404 g/mol. The highest BCUT2D eigenvalue weighted by atomic mass is 35.5. The Kier molecular flexibility index (Phi) is 5.44. The van der Waals surface area contributed by atoms with Gasteiger partial charge in [0, 0.05) is 23.2 Å². The van der Waals surface area contributed by atoms with Crippen LogP contribution in [0.25, 0.3) is 0 Å². The van der Waals surface area contributed by atoms with Crippen LogP contribution in [-0.2, 0) is 0 Å². The Balaban J connectivity index is 1.18. The van der Waals surface area contributed by atoms with Crippen LogP contribution in [0.4, 0.5) is 0 Å². The second kappa shape index (κ2) is 8.36. The second-order valence-electron chi connectivity index (χ2n) is 8.20. The van der Waals surface area contributed by atoms with Crippen LogP contribution in [-0.4, -0.2) is 55.8 Å². The van der Waals surface area contributed by atoms with Gasteiger partial charge < -0.3 is 24.4 Å². The zero-order chi connectivity index (χ0) is 20.5. The third-order valence-electron chi connectivity index (χ3n) is 6.15. The quantitative estimate of drug-likeness (QED) is 0.791. The first kappa shape index (κ1) is 19.5. The summed E-state index contributed by atoms with van der Waals surface area (Å²) in [6, 6.07) is 12.8. The average molecular weight is 429 g/mol. The van der Waals surface area contributed by atoms with E-state index in [4.69, 9.17) is 25.8 Å². The summed E-state index contributed by atoms with van der Waals surface area (Å²) in [5, 5.41) is 3.89. The van der Waals surface area contributed by atoms with Crippen LogP contribution < -0.4 is 19.5 Å². The third kappa shape index (κ3) is 4.20. The first-order valence-corrected chi connectivity index (χ1v) is 10.9. The van der Waals surface area contributed by atoms with E-state index in [-0.39, 0.29) is 18.1 Å². The van der Waals surface area contributed by atoms with Gasteiger partial charge in [-0.2, -0.15) is 0 Å². The molecule has 7 heteroatoms. The number of amides is 1. The highest BCUT2D eigenvalue weighted by Gasteiger charge is 2.35. The Bertz CT molecular complexity index is 912. The molecule has 0 saturated carbocycles. The van der Waals surface area contributed by atoms with Gasteiger partial charge in [-0.3, -0.25) is 4.79 Å². The average Bonchev–Trinajstić information content (AvgIpc) is 2.79. The molecule has 1 amide bonds. The van der Waals surface area contributed by atoms with Crippen LogP contribution in [0.15, 0.2) is 42.5 Å². The van der Waals surface area contributed by atoms with Crippen LogP contribution in [0.3, 0.4) is 0 Å². The molecular formula is C23H25ClN2O4. The van der Waals surface area contributed by atoms with E-state index in [1.807, 2.05) is 12.1 Å². The molecule has 0 unspecified atom stereocenters. The lowest BCUT2D eigenvalue weighted by molar-refractivity contribution is 0.0531. The van der Waals surface area contributed by atoms with Crippen LogP contribution in [0.1, 0.15) is 23.2 Å². The zero-order valence-corrected chi connectivity index (χ0v) is 17.4. The Morgan fingerprint density at radius 3 is 2.67 bits per heavy atom. The molecule has 0 radical (unpaired) electrons. The summed E-state index contributed by atoms with van der Waals surface area (Å²) in [5.41, 5.74) is 0.602. The van der Waals surface area contributed by atoms with Gasteiger partial charge in [-0.15, -0.1) is 0 Å². The minimum Gasteiger partial charge on any atom is -0.490 e. The molecule has 0 aliphatic carbocycles. The molecule has 2 atom stereocenters. The van der Waals surface area contributed by atoms with Crippen molar-refractivity contribution >= 4 is 17.5 Å². The summed E-state index contributed by atoms with van der Waals surface area (Å²) in [5.74, 6) is 2.50. The normalized spacial score (nSPS) is 26.8. The lowest BCUT2D eigenvalue weighted by Crippen LogP contribution is -2.57. The number of hydrogen-bond donors (Lipinski definition) is 1. The molecule has 158 valence electrons. The maximum Gasteiger partial charge on any atom is 0.251 e. The number of carbonyl (C=O) groups is 1. The molecule has 4 aliphatic rings. The Hall–Kier alpha value is -2.44. The van der Waals surface area contributed by atoms with Crippen molar-refractivity contribution in [2.24, 2.45) is 5.92 Å². The van der Waals surface area contributed by atoms with Gasteiger partial charge in [-0.25, -0.2) is 0 Å². The Morgan fingerprint density at radius 2 is 1.93 bits per heavy atom. The van der Waals surface area contributed by atoms with E-state index >= 15 is 0 Å². The molecule has 3 fully saturated rings. The van der Waals surface area contributed by atoms with Crippen molar-refractivity contribution in [1.29, 1.82) is 0 Å². The number of nitrogens with one attached hydrogen (secondary N) is 1. The number of carbonyl (C=O) groups excluding carboxylic acids is 1. The first-order chi connectivity index (χ1) is 14.6. The van der Waals surface area contributed by atoms with Crippen molar-refractivity contribution in [2.75, 3.05) is 32.8 Å². The summed E-state index contributed by atoms with van der Waals surface area (Å²) >= 11 is 5.89. The number of hydrogen-bond acceptors (Lipinski definition) is 5. The molecule has 30 heavy (non-hydrogen) atoms. The lowest BCUT2D eigenvalue weighted by atomic mass is 9.84. The molecule has 0 spiro atoms. The fourth-order valence-electron chi connectivity index (χ4n) is 4.44. The van der Waals surface area contributed by atoms with Crippen molar-refractivity contribution in [3.8, 4) is 17.2 Å². The molecule has 2 aromatic rings. The summed E-state index contributed by atoms with van der Waals surface area (Å²) in [4.78, 5) is 15.2. The van der Waals surface area contributed by atoms with E-state index < -0.39 is 0 Å². The van der Waals surface area contributed by atoms with Crippen molar-refractivity contribution in [3.63, 3.8) is 0 Å². The molecule has 1 N–H and O–H groups in total. The highest BCUT2D eigenvalue weighted by Crippen LogP contribution is 2.33. The summed E-state index contributed by atoms with van der Waals surface area (Å²) < 4.78 is 17.6. The minimum atomic E-state index is -0.223. The number of piperidine rings is 3. The number of halogens is 1. The SMILES string of the molecule is O=C(N[C@H]1CN2CCC1CC2)c1ccc2c(c1)OC[C@H](COc1ccc(Cl)cc1)O2. The maximum absolute atomic E-state index is 12.8. The van der Waals surface area contributed by atoms with E-state index in [1.165, 1.54) is 12.8 Å². The van der Waals surface area contributed by atoms with Crippen LogP contribution in [0.2, 0.25) is 5.02 Å². The third-order valence-corrected chi connectivity index (χ3v) is 6.40. The fraction of sp³-hybridized carbons (Fsp3) is 0.435. The Labute approximate surface area is 181 Å². The number of rotatable bonds is 5. The van der Waals surface area contributed by atoms with Gasteiger partial charge in [0.15, 0.2) is 17.6 Å².